The molecule has 0 saturated carbocycles. The summed E-state index contributed by atoms with van der Waals surface area (Å²) < 4.78 is 0. The molecule has 0 radical (unpaired) electrons. The molecule has 20 heavy (non-hydrogen) atoms. The number of thiophene rings is 1. The number of hydrogen-bond acceptors (Lipinski definition) is 3. The lowest BCUT2D eigenvalue weighted by molar-refractivity contribution is 0.149. The fraction of sp³-hybridized carbons (Fsp3) is 0.765. The zero-order chi connectivity index (χ0) is 14.5. The van der Waals surface area contributed by atoms with Gasteiger partial charge in [0.2, 0.25) is 0 Å². The van der Waals surface area contributed by atoms with Crippen LogP contribution in [0.4, 0.5) is 0 Å². The van der Waals surface area contributed by atoms with Crippen molar-refractivity contribution in [1.82, 2.24) is 10.2 Å². The van der Waals surface area contributed by atoms with Gasteiger partial charge in [-0.05, 0) is 56.1 Å². The number of rotatable bonds is 6. The van der Waals surface area contributed by atoms with Gasteiger partial charge in [-0.15, -0.1) is 11.3 Å². The molecule has 0 amide bonds. The first-order valence-electron chi connectivity index (χ1n) is 8.13. The molecule has 0 spiro atoms. The van der Waals surface area contributed by atoms with E-state index in [9.17, 15) is 0 Å². The van der Waals surface area contributed by atoms with Gasteiger partial charge in [0.15, 0.2) is 0 Å². The molecule has 1 saturated heterocycles. The Morgan fingerprint density at radius 1 is 1.40 bits per heavy atom. The molecular formula is C17H30N2S. The van der Waals surface area contributed by atoms with Crippen molar-refractivity contribution in [3.63, 3.8) is 0 Å². The van der Waals surface area contributed by atoms with Crippen LogP contribution in [-0.4, -0.2) is 30.6 Å². The second-order valence-electron chi connectivity index (χ2n) is 6.49. The first-order valence-corrected chi connectivity index (χ1v) is 9.01. The van der Waals surface area contributed by atoms with Crippen molar-refractivity contribution in [2.75, 3.05) is 19.6 Å². The summed E-state index contributed by atoms with van der Waals surface area (Å²) >= 11 is 1.88. The Morgan fingerprint density at radius 2 is 2.20 bits per heavy atom. The maximum atomic E-state index is 3.92. The van der Waals surface area contributed by atoms with E-state index < -0.39 is 0 Å². The smallest absolute Gasteiger partial charge is 0.0440 e. The van der Waals surface area contributed by atoms with Gasteiger partial charge in [-0.25, -0.2) is 0 Å². The molecule has 3 atom stereocenters. The molecule has 0 aliphatic carbocycles. The quantitative estimate of drug-likeness (QED) is 0.847. The lowest BCUT2D eigenvalue weighted by Crippen LogP contribution is -2.46. The van der Waals surface area contributed by atoms with E-state index in [4.69, 9.17) is 0 Å². The Bertz CT molecular complexity index is 374. The minimum Gasteiger partial charge on any atom is -0.306 e. The Hall–Kier alpha value is -0.380. The highest BCUT2D eigenvalue weighted by Crippen LogP contribution is 2.28. The third kappa shape index (κ3) is 4.06. The maximum absolute atomic E-state index is 3.92. The van der Waals surface area contributed by atoms with E-state index in [1.807, 2.05) is 11.3 Å². The van der Waals surface area contributed by atoms with Crippen LogP contribution in [0.2, 0.25) is 0 Å². The molecule has 1 aliphatic heterocycles. The third-order valence-corrected chi connectivity index (χ3v) is 5.61. The molecule has 2 heterocycles. The van der Waals surface area contributed by atoms with Crippen LogP contribution in [0.1, 0.15) is 51.5 Å². The van der Waals surface area contributed by atoms with E-state index in [1.54, 1.807) is 0 Å². The predicted octanol–water partition coefficient (Wildman–Crippen LogP) is 4.16. The lowest BCUT2D eigenvalue weighted by Gasteiger charge is -2.37. The van der Waals surface area contributed by atoms with E-state index in [2.05, 4.69) is 55.4 Å². The molecule has 114 valence electrons. The summed E-state index contributed by atoms with van der Waals surface area (Å²) in [6, 6.07) is 5.54. The predicted molar refractivity (Wildman–Crippen MR) is 89.3 cm³/mol. The fourth-order valence-electron chi connectivity index (χ4n) is 3.28. The molecule has 1 aliphatic rings. The Morgan fingerprint density at radius 3 is 2.80 bits per heavy atom. The summed E-state index contributed by atoms with van der Waals surface area (Å²) in [5.41, 5.74) is 0. The van der Waals surface area contributed by atoms with Gasteiger partial charge < -0.3 is 10.2 Å². The SMILES string of the molecule is CCN1CCCC(C(C)NC(c2cccs2)C(C)C)C1. The normalized spacial score (nSPS) is 23.9. The van der Waals surface area contributed by atoms with Crippen LogP contribution < -0.4 is 5.32 Å². The topological polar surface area (TPSA) is 15.3 Å². The van der Waals surface area contributed by atoms with Crippen molar-refractivity contribution < 1.29 is 0 Å². The van der Waals surface area contributed by atoms with Gasteiger partial charge in [-0.1, -0.05) is 26.8 Å². The molecule has 0 bridgehead atoms. The van der Waals surface area contributed by atoms with Crippen LogP contribution in [0, 0.1) is 11.8 Å². The lowest BCUT2D eigenvalue weighted by atomic mass is 9.90. The monoisotopic (exact) mass is 294 g/mol. The zero-order valence-corrected chi connectivity index (χ0v) is 14.2. The van der Waals surface area contributed by atoms with Gasteiger partial charge >= 0.3 is 0 Å². The van der Waals surface area contributed by atoms with Gasteiger partial charge in [-0.3, -0.25) is 0 Å². The highest BCUT2D eigenvalue weighted by molar-refractivity contribution is 7.10. The van der Waals surface area contributed by atoms with Gasteiger partial charge in [-0.2, -0.15) is 0 Å². The molecule has 3 heteroatoms. The minimum atomic E-state index is 0.502. The van der Waals surface area contributed by atoms with E-state index in [-0.39, 0.29) is 0 Å². The van der Waals surface area contributed by atoms with Crippen molar-refractivity contribution in [2.45, 2.75) is 52.6 Å². The van der Waals surface area contributed by atoms with Crippen molar-refractivity contribution >= 4 is 11.3 Å². The van der Waals surface area contributed by atoms with Crippen molar-refractivity contribution in [2.24, 2.45) is 11.8 Å². The van der Waals surface area contributed by atoms with Crippen LogP contribution in [-0.2, 0) is 0 Å². The molecule has 1 fully saturated rings. The maximum Gasteiger partial charge on any atom is 0.0440 e. The highest BCUT2D eigenvalue weighted by atomic mass is 32.1. The Labute approximate surface area is 128 Å². The number of hydrogen-bond donors (Lipinski definition) is 1. The number of likely N-dealkylation sites (tertiary alicyclic amines) is 1. The second-order valence-corrected chi connectivity index (χ2v) is 7.47. The summed E-state index contributed by atoms with van der Waals surface area (Å²) in [5, 5.41) is 6.11. The summed E-state index contributed by atoms with van der Waals surface area (Å²) in [6.45, 7) is 13.1. The molecule has 1 aromatic rings. The molecule has 2 rings (SSSR count). The third-order valence-electron chi connectivity index (χ3n) is 4.66. The minimum absolute atomic E-state index is 0.502. The Balaban J connectivity index is 1.96. The molecule has 0 aromatic carbocycles. The average molecular weight is 295 g/mol. The van der Waals surface area contributed by atoms with E-state index in [0.29, 0.717) is 18.0 Å². The van der Waals surface area contributed by atoms with Crippen LogP contribution in [0.5, 0.6) is 0 Å². The average Bonchev–Trinajstić information content (AvgIpc) is 2.98. The van der Waals surface area contributed by atoms with Gasteiger partial charge in [0.1, 0.15) is 0 Å². The molecule has 1 aromatic heterocycles. The molecule has 3 unspecified atom stereocenters. The van der Waals surface area contributed by atoms with Crippen molar-refractivity contribution in [3.05, 3.63) is 22.4 Å². The fourth-order valence-corrected chi connectivity index (χ4v) is 4.24. The Kier molecular flexibility index (Phi) is 6.06. The first kappa shape index (κ1) is 16.0. The van der Waals surface area contributed by atoms with Crippen LogP contribution in [0.3, 0.4) is 0 Å². The summed E-state index contributed by atoms with van der Waals surface area (Å²) in [6.07, 6.45) is 2.73. The zero-order valence-electron chi connectivity index (χ0n) is 13.4. The highest BCUT2D eigenvalue weighted by Gasteiger charge is 2.27. The van der Waals surface area contributed by atoms with Crippen molar-refractivity contribution in [3.8, 4) is 0 Å². The van der Waals surface area contributed by atoms with E-state index >= 15 is 0 Å². The summed E-state index contributed by atoms with van der Waals surface area (Å²) in [5.74, 6) is 1.44. The van der Waals surface area contributed by atoms with Gasteiger partial charge in [0.25, 0.3) is 0 Å². The van der Waals surface area contributed by atoms with Gasteiger partial charge in [0, 0.05) is 23.5 Å². The standard InChI is InChI=1S/C17H30N2S/c1-5-19-10-6-8-15(12-19)14(4)18-17(13(2)3)16-9-7-11-20-16/h7,9,11,13-15,17-18H,5-6,8,10,12H2,1-4H3. The largest absolute Gasteiger partial charge is 0.306 e. The van der Waals surface area contributed by atoms with Crippen LogP contribution >= 0.6 is 11.3 Å². The first-order chi connectivity index (χ1) is 9.61. The van der Waals surface area contributed by atoms with E-state index in [0.717, 1.165) is 5.92 Å². The van der Waals surface area contributed by atoms with Gasteiger partial charge in [0.05, 0.1) is 0 Å². The van der Waals surface area contributed by atoms with Crippen LogP contribution in [0.15, 0.2) is 17.5 Å². The molecule has 2 nitrogen and oxygen atoms in total. The summed E-state index contributed by atoms with van der Waals surface area (Å²) in [4.78, 5) is 4.08. The number of piperidine rings is 1. The number of nitrogens with one attached hydrogen (secondary N) is 1. The van der Waals surface area contributed by atoms with Crippen LogP contribution in [0.25, 0.3) is 0 Å². The number of nitrogens with zero attached hydrogens (tertiary/aromatic N) is 1. The second kappa shape index (κ2) is 7.58. The summed E-state index contributed by atoms with van der Waals surface area (Å²) in [7, 11) is 0. The molecule has 1 N–H and O–H groups in total. The molecular weight excluding hydrogens is 264 g/mol. The van der Waals surface area contributed by atoms with E-state index in [1.165, 1.54) is 37.4 Å². The van der Waals surface area contributed by atoms with Crippen molar-refractivity contribution in [1.29, 1.82) is 0 Å².